The lowest BCUT2D eigenvalue weighted by Crippen LogP contribution is -1.80. The second-order valence-electron chi connectivity index (χ2n) is 2.95. The average molecular weight is 208 g/mol. The average Bonchev–Trinajstić information content (AvgIpc) is 2.61. The Morgan fingerprint density at radius 3 is 2.47 bits per heavy atom. The SMILES string of the molecule is Nc1cc(-c2ccc(O)c(O)c2O)on1. The van der Waals surface area contributed by atoms with E-state index in [9.17, 15) is 10.2 Å². The summed E-state index contributed by atoms with van der Waals surface area (Å²) in [4.78, 5) is 0. The number of nitrogens with two attached hydrogens (primary N) is 1. The zero-order valence-electron chi connectivity index (χ0n) is 7.51. The number of nitrogens with zero attached hydrogens (tertiary/aromatic N) is 1. The van der Waals surface area contributed by atoms with E-state index in [4.69, 9.17) is 15.4 Å². The van der Waals surface area contributed by atoms with Crippen LogP contribution in [0.4, 0.5) is 5.82 Å². The van der Waals surface area contributed by atoms with Crippen molar-refractivity contribution in [3.05, 3.63) is 18.2 Å². The highest BCUT2D eigenvalue weighted by Crippen LogP contribution is 2.42. The molecule has 0 aliphatic heterocycles. The van der Waals surface area contributed by atoms with Gasteiger partial charge in [0.15, 0.2) is 23.1 Å². The molecule has 0 spiro atoms. The van der Waals surface area contributed by atoms with Gasteiger partial charge in [-0.1, -0.05) is 5.16 Å². The summed E-state index contributed by atoms with van der Waals surface area (Å²) < 4.78 is 4.80. The Morgan fingerprint density at radius 2 is 1.87 bits per heavy atom. The molecule has 0 unspecified atom stereocenters. The van der Waals surface area contributed by atoms with Crippen LogP contribution in [0.3, 0.4) is 0 Å². The van der Waals surface area contributed by atoms with Gasteiger partial charge in [0.1, 0.15) is 0 Å². The number of hydrogen-bond donors (Lipinski definition) is 4. The Morgan fingerprint density at radius 1 is 1.13 bits per heavy atom. The van der Waals surface area contributed by atoms with Crippen molar-refractivity contribution in [2.45, 2.75) is 0 Å². The molecule has 0 radical (unpaired) electrons. The van der Waals surface area contributed by atoms with Crippen LogP contribution in [-0.4, -0.2) is 20.5 Å². The summed E-state index contributed by atoms with van der Waals surface area (Å²) in [7, 11) is 0. The molecular weight excluding hydrogens is 200 g/mol. The number of phenolic OH excluding ortho intramolecular Hbond substituents is 3. The molecular formula is C9H8N2O4. The Hall–Kier alpha value is -2.37. The van der Waals surface area contributed by atoms with Gasteiger partial charge < -0.3 is 25.6 Å². The monoisotopic (exact) mass is 208 g/mol. The standard InChI is InChI=1S/C9H8N2O4/c10-7-3-6(15-11-7)4-1-2-5(12)9(14)8(4)13/h1-3,12-14H,(H2,10,11). The fraction of sp³-hybridized carbons (Fsp3) is 0. The number of aromatic nitrogens is 1. The lowest BCUT2D eigenvalue weighted by atomic mass is 10.1. The number of rotatable bonds is 1. The molecule has 1 heterocycles. The third-order valence-electron chi connectivity index (χ3n) is 1.92. The van der Waals surface area contributed by atoms with Crippen molar-refractivity contribution < 1.29 is 19.8 Å². The minimum Gasteiger partial charge on any atom is -0.504 e. The predicted molar refractivity (Wildman–Crippen MR) is 51.3 cm³/mol. The van der Waals surface area contributed by atoms with Gasteiger partial charge >= 0.3 is 0 Å². The zero-order valence-corrected chi connectivity index (χ0v) is 7.51. The Balaban J connectivity index is 2.59. The van der Waals surface area contributed by atoms with Crippen LogP contribution in [0.1, 0.15) is 0 Å². The minimum absolute atomic E-state index is 0.164. The fourth-order valence-electron chi connectivity index (χ4n) is 1.18. The first kappa shape index (κ1) is 9.20. The minimum atomic E-state index is -0.609. The van der Waals surface area contributed by atoms with Crippen LogP contribution in [0.2, 0.25) is 0 Å². The summed E-state index contributed by atoms with van der Waals surface area (Å²) in [5.41, 5.74) is 5.54. The van der Waals surface area contributed by atoms with Crippen LogP contribution >= 0.6 is 0 Å². The summed E-state index contributed by atoms with van der Waals surface area (Å²) in [6, 6.07) is 4.00. The van der Waals surface area contributed by atoms with Crippen molar-refractivity contribution in [1.29, 1.82) is 0 Å². The van der Waals surface area contributed by atoms with E-state index >= 15 is 0 Å². The van der Waals surface area contributed by atoms with Crippen molar-refractivity contribution in [3.63, 3.8) is 0 Å². The molecule has 1 aromatic carbocycles. The van der Waals surface area contributed by atoms with E-state index < -0.39 is 17.2 Å². The second-order valence-corrected chi connectivity index (χ2v) is 2.95. The molecule has 15 heavy (non-hydrogen) atoms. The molecule has 78 valence electrons. The zero-order chi connectivity index (χ0) is 11.0. The van der Waals surface area contributed by atoms with E-state index in [0.717, 1.165) is 0 Å². The van der Waals surface area contributed by atoms with Gasteiger partial charge in [-0.05, 0) is 12.1 Å². The van der Waals surface area contributed by atoms with Crippen molar-refractivity contribution in [2.24, 2.45) is 0 Å². The van der Waals surface area contributed by atoms with Crippen LogP contribution in [0, 0.1) is 0 Å². The maximum absolute atomic E-state index is 9.50. The summed E-state index contributed by atoms with van der Waals surface area (Å²) in [5, 5.41) is 31.3. The molecule has 0 bridgehead atoms. The lowest BCUT2D eigenvalue weighted by molar-refractivity contribution is 0.366. The van der Waals surface area contributed by atoms with Gasteiger partial charge in [-0.3, -0.25) is 0 Å². The summed E-state index contributed by atoms with van der Waals surface area (Å²) in [6.07, 6.45) is 0. The molecule has 5 N–H and O–H groups in total. The lowest BCUT2D eigenvalue weighted by Gasteiger charge is -2.03. The van der Waals surface area contributed by atoms with Crippen molar-refractivity contribution >= 4 is 5.82 Å². The second kappa shape index (κ2) is 3.09. The number of phenols is 3. The Kier molecular flexibility index (Phi) is 1.89. The van der Waals surface area contributed by atoms with Gasteiger partial charge in [0, 0.05) is 6.07 Å². The number of anilines is 1. The molecule has 0 amide bonds. The molecule has 6 heteroatoms. The number of hydrogen-bond acceptors (Lipinski definition) is 6. The molecule has 0 saturated heterocycles. The third kappa shape index (κ3) is 1.41. The van der Waals surface area contributed by atoms with Crippen LogP contribution in [0.25, 0.3) is 11.3 Å². The highest BCUT2D eigenvalue weighted by Gasteiger charge is 2.15. The van der Waals surface area contributed by atoms with E-state index in [1.807, 2.05) is 0 Å². The molecule has 0 atom stereocenters. The van der Waals surface area contributed by atoms with Crippen LogP contribution in [-0.2, 0) is 0 Å². The molecule has 0 aliphatic rings. The molecule has 2 aromatic rings. The van der Waals surface area contributed by atoms with E-state index in [2.05, 4.69) is 5.16 Å². The van der Waals surface area contributed by atoms with Gasteiger partial charge in [-0.25, -0.2) is 0 Å². The van der Waals surface area contributed by atoms with Crippen LogP contribution < -0.4 is 5.73 Å². The smallest absolute Gasteiger partial charge is 0.201 e. The van der Waals surface area contributed by atoms with Crippen molar-refractivity contribution in [1.82, 2.24) is 5.16 Å². The number of aromatic hydroxyl groups is 3. The van der Waals surface area contributed by atoms with Gasteiger partial charge in [0.2, 0.25) is 5.75 Å². The Labute approximate surface area is 84.2 Å². The number of nitrogen functional groups attached to an aromatic ring is 1. The predicted octanol–water partition coefficient (Wildman–Crippen LogP) is 1.04. The molecule has 2 rings (SSSR count). The maximum Gasteiger partial charge on any atom is 0.201 e. The first-order valence-electron chi connectivity index (χ1n) is 4.06. The Bertz CT molecular complexity index is 507. The molecule has 0 aliphatic carbocycles. The normalized spacial score (nSPS) is 10.4. The third-order valence-corrected chi connectivity index (χ3v) is 1.92. The van der Waals surface area contributed by atoms with Gasteiger partial charge in [-0.15, -0.1) is 0 Å². The summed E-state index contributed by atoms with van der Waals surface area (Å²) >= 11 is 0. The van der Waals surface area contributed by atoms with Crippen molar-refractivity contribution in [2.75, 3.05) is 5.73 Å². The van der Waals surface area contributed by atoms with Gasteiger partial charge in [0.05, 0.1) is 5.56 Å². The van der Waals surface area contributed by atoms with E-state index in [-0.39, 0.29) is 17.1 Å². The molecule has 0 saturated carbocycles. The van der Waals surface area contributed by atoms with Gasteiger partial charge in [0.25, 0.3) is 0 Å². The van der Waals surface area contributed by atoms with Crippen LogP contribution in [0.5, 0.6) is 17.2 Å². The molecule has 6 nitrogen and oxygen atoms in total. The fourth-order valence-corrected chi connectivity index (χ4v) is 1.18. The van der Waals surface area contributed by atoms with Crippen molar-refractivity contribution in [3.8, 4) is 28.6 Å². The van der Waals surface area contributed by atoms with E-state index in [0.29, 0.717) is 0 Å². The highest BCUT2D eigenvalue weighted by molar-refractivity contribution is 5.72. The highest BCUT2D eigenvalue weighted by atomic mass is 16.5. The maximum atomic E-state index is 9.50. The van der Waals surface area contributed by atoms with Gasteiger partial charge in [-0.2, -0.15) is 0 Å². The first-order chi connectivity index (χ1) is 7.09. The van der Waals surface area contributed by atoms with E-state index in [1.165, 1.54) is 18.2 Å². The van der Waals surface area contributed by atoms with E-state index in [1.54, 1.807) is 0 Å². The van der Waals surface area contributed by atoms with Crippen LogP contribution in [0.15, 0.2) is 22.7 Å². The quantitative estimate of drug-likeness (QED) is 0.521. The molecule has 0 fully saturated rings. The first-order valence-corrected chi connectivity index (χ1v) is 4.06. The number of benzene rings is 1. The topological polar surface area (TPSA) is 113 Å². The largest absolute Gasteiger partial charge is 0.504 e. The molecule has 1 aromatic heterocycles. The summed E-state index contributed by atoms with van der Waals surface area (Å²) in [5.74, 6) is -1.13. The summed E-state index contributed by atoms with van der Waals surface area (Å²) in [6.45, 7) is 0.